The van der Waals surface area contributed by atoms with Crippen molar-refractivity contribution in [3.05, 3.63) is 54.4 Å². The summed E-state index contributed by atoms with van der Waals surface area (Å²) in [6.07, 6.45) is 6.94. The molecule has 3 aliphatic rings. The summed E-state index contributed by atoms with van der Waals surface area (Å²) >= 11 is 0. The normalized spacial score (nSPS) is 31.8. The molecule has 36 heavy (non-hydrogen) atoms. The minimum atomic E-state index is -0.918. The second kappa shape index (κ2) is 9.17. The highest BCUT2D eigenvalue weighted by molar-refractivity contribution is 5.82. The average molecular weight is 498 g/mol. The van der Waals surface area contributed by atoms with Gasteiger partial charge in [-0.05, 0) is 32.8 Å². The molecular weight excluding hydrogens is 468 g/mol. The SMILES string of the molecule is CC1(C)O[C@@H]2[C@H](O1)[C@@H](C=Cc1ccccc1F)O[C@H]2n1cnc2c(NC3CCCCC3F)ncnc21. The van der Waals surface area contributed by atoms with Crippen LogP contribution in [0.4, 0.5) is 14.6 Å². The Labute approximate surface area is 207 Å². The Morgan fingerprint density at radius 3 is 2.72 bits per heavy atom. The van der Waals surface area contributed by atoms with Gasteiger partial charge in [0.2, 0.25) is 0 Å². The van der Waals surface area contributed by atoms with Gasteiger partial charge in [-0.1, -0.05) is 43.2 Å². The predicted molar refractivity (Wildman–Crippen MR) is 129 cm³/mol. The van der Waals surface area contributed by atoms with E-state index in [1.54, 1.807) is 41.2 Å². The standard InChI is InChI=1S/C26H29F2N5O3/c1-26(2)35-21-19(12-11-15-7-3-4-8-16(15)27)34-25(22(21)36-26)33-14-31-20-23(29-13-30-24(20)33)32-18-10-6-5-9-17(18)28/h3-4,7-8,11-14,17-19,21-22,25H,5-6,9-10H2,1-2H3,(H,29,30,32)/t17?,18?,19-,21-,22-,25-/m1/s1. The molecule has 1 N–H and O–H groups in total. The van der Waals surface area contributed by atoms with Crippen LogP contribution in [0.1, 0.15) is 51.3 Å². The molecule has 0 amide bonds. The average Bonchev–Trinajstić information content (AvgIpc) is 3.51. The van der Waals surface area contributed by atoms with E-state index in [-0.39, 0.29) is 11.9 Å². The van der Waals surface area contributed by atoms with Crippen LogP contribution in [0, 0.1) is 5.82 Å². The Morgan fingerprint density at radius 2 is 1.89 bits per heavy atom. The van der Waals surface area contributed by atoms with Crippen LogP contribution in [0.15, 0.2) is 43.0 Å². The summed E-state index contributed by atoms with van der Waals surface area (Å²) < 4.78 is 49.2. The molecule has 4 heterocycles. The first-order chi connectivity index (χ1) is 17.4. The first-order valence-electron chi connectivity index (χ1n) is 12.4. The quantitative estimate of drug-likeness (QED) is 0.543. The highest BCUT2D eigenvalue weighted by Crippen LogP contribution is 2.44. The lowest BCUT2D eigenvalue weighted by molar-refractivity contribution is -0.191. The Bertz CT molecular complexity index is 1280. The minimum Gasteiger partial charge on any atom is -0.362 e. The zero-order valence-electron chi connectivity index (χ0n) is 20.2. The summed E-state index contributed by atoms with van der Waals surface area (Å²) in [6.45, 7) is 3.71. The zero-order valence-corrected chi connectivity index (χ0v) is 20.2. The molecule has 6 atom stereocenters. The van der Waals surface area contributed by atoms with Gasteiger partial charge in [0.1, 0.15) is 36.6 Å². The number of hydrogen-bond acceptors (Lipinski definition) is 7. The van der Waals surface area contributed by atoms with Gasteiger partial charge in [0.05, 0.1) is 12.4 Å². The fraction of sp³-hybridized carbons (Fsp3) is 0.500. The van der Waals surface area contributed by atoms with E-state index in [2.05, 4.69) is 20.3 Å². The van der Waals surface area contributed by atoms with Crippen LogP contribution in [0.25, 0.3) is 17.2 Å². The number of nitrogens with one attached hydrogen (secondary N) is 1. The highest BCUT2D eigenvalue weighted by atomic mass is 19.1. The molecule has 0 bridgehead atoms. The Morgan fingerprint density at radius 1 is 1.08 bits per heavy atom. The highest BCUT2D eigenvalue weighted by Gasteiger charge is 2.55. The number of imidazole rings is 1. The van der Waals surface area contributed by atoms with Crippen LogP contribution in [0.5, 0.6) is 0 Å². The van der Waals surface area contributed by atoms with Crippen molar-refractivity contribution >= 4 is 23.1 Å². The van der Waals surface area contributed by atoms with E-state index < -0.39 is 36.5 Å². The second-order valence-electron chi connectivity index (χ2n) is 10.0. The third-order valence-corrected chi connectivity index (χ3v) is 7.07. The van der Waals surface area contributed by atoms with Gasteiger partial charge in [-0.2, -0.15) is 0 Å². The summed E-state index contributed by atoms with van der Waals surface area (Å²) in [5.74, 6) is -0.617. The lowest BCUT2D eigenvalue weighted by Gasteiger charge is -2.27. The maximum absolute atomic E-state index is 14.5. The predicted octanol–water partition coefficient (Wildman–Crippen LogP) is 4.79. The van der Waals surface area contributed by atoms with Crippen LogP contribution < -0.4 is 5.32 Å². The van der Waals surface area contributed by atoms with E-state index in [1.807, 2.05) is 13.8 Å². The van der Waals surface area contributed by atoms with E-state index in [1.165, 1.54) is 12.4 Å². The molecule has 2 aliphatic heterocycles. The largest absolute Gasteiger partial charge is 0.362 e. The molecule has 8 nitrogen and oxygen atoms in total. The third-order valence-electron chi connectivity index (χ3n) is 7.07. The molecule has 3 fully saturated rings. The topological polar surface area (TPSA) is 83.3 Å². The third kappa shape index (κ3) is 4.27. The van der Waals surface area contributed by atoms with Crippen molar-refractivity contribution in [3.8, 4) is 0 Å². The monoisotopic (exact) mass is 497 g/mol. The molecule has 1 aliphatic carbocycles. The van der Waals surface area contributed by atoms with Crippen molar-refractivity contribution in [2.75, 3.05) is 5.32 Å². The fourth-order valence-corrected chi connectivity index (χ4v) is 5.36. The van der Waals surface area contributed by atoms with Crippen LogP contribution in [-0.2, 0) is 14.2 Å². The van der Waals surface area contributed by atoms with Gasteiger partial charge >= 0.3 is 0 Å². The van der Waals surface area contributed by atoms with Crippen LogP contribution >= 0.6 is 0 Å². The second-order valence-corrected chi connectivity index (χ2v) is 10.0. The number of hydrogen-bond donors (Lipinski definition) is 1. The van der Waals surface area contributed by atoms with Crippen LogP contribution in [0.3, 0.4) is 0 Å². The number of alkyl halides is 1. The maximum atomic E-state index is 14.5. The van der Waals surface area contributed by atoms with Gasteiger partial charge in [0.15, 0.2) is 29.0 Å². The molecule has 0 radical (unpaired) electrons. The number of fused-ring (bicyclic) bond motifs is 2. The first kappa shape index (κ1) is 23.4. The summed E-state index contributed by atoms with van der Waals surface area (Å²) in [5, 5.41) is 3.24. The first-order valence-corrected chi connectivity index (χ1v) is 12.4. The van der Waals surface area contributed by atoms with Gasteiger partial charge in [-0.25, -0.2) is 23.7 Å². The van der Waals surface area contributed by atoms with Crippen molar-refractivity contribution < 1.29 is 23.0 Å². The van der Waals surface area contributed by atoms with Crippen molar-refractivity contribution in [2.24, 2.45) is 0 Å². The van der Waals surface area contributed by atoms with Gasteiger partial charge in [-0.15, -0.1) is 0 Å². The smallest absolute Gasteiger partial charge is 0.167 e. The van der Waals surface area contributed by atoms with Gasteiger partial charge in [0, 0.05) is 5.56 Å². The summed E-state index contributed by atoms with van der Waals surface area (Å²) in [6, 6.07) is 6.26. The molecule has 2 saturated heterocycles. The summed E-state index contributed by atoms with van der Waals surface area (Å²) in [4.78, 5) is 13.3. The fourth-order valence-electron chi connectivity index (χ4n) is 5.36. The summed E-state index contributed by atoms with van der Waals surface area (Å²) in [5.41, 5.74) is 1.55. The molecule has 1 aromatic carbocycles. The van der Waals surface area contributed by atoms with E-state index in [4.69, 9.17) is 14.2 Å². The van der Waals surface area contributed by atoms with Crippen molar-refractivity contribution in [1.82, 2.24) is 19.5 Å². The molecule has 2 unspecified atom stereocenters. The summed E-state index contributed by atoms with van der Waals surface area (Å²) in [7, 11) is 0. The van der Waals surface area contributed by atoms with E-state index in [0.29, 0.717) is 29.0 Å². The van der Waals surface area contributed by atoms with Gasteiger partial charge < -0.3 is 19.5 Å². The lowest BCUT2D eigenvalue weighted by atomic mass is 9.93. The maximum Gasteiger partial charge on any atom is 0.167 e. The molecule has 190 valence electrons. The van der Waals surface area contributed by atoms with Gasteiger partial charge in [-0.3, -0.25) is 4.57 Å². The van der Waals surface area contributed by atoms with E-state index in [9.17, 15) is 8.78 Å². The Hall–Kier alpha value is -2.95. The number of halogens is 2. The molecule has 10 heteroatoms. The zero-order chi connectivity index (χ0) is 24.9. The molecule has 0 spiro atoms. The van der Waals surface area contributed by atoms with E-state index >= 15 is 0 Å². The molecule has 6 rings (SSSR count). The van der Waals surface area contributed by atoms with Crippen molar-refractivity contribution in [1.29, 1.82) is 0 Å². The number of nitrogens with zero attached hydrogens (tertiary/aromatic N) is 4. The van der Waals surface area contributed by atoms with Crippen molar-refractivity contribution in [3.63, 3.8) is 0 Å². The van der Waals surface area contributed by atoms with Crippen LogP contribution in [-0.4, -0.2) is 55.8 Å². The van der Waals surface area contributed by atoms with Crippen molar-refractivity contribution in [2.45, 2.75) is 82.1 Å². The van der Waals surface area contributed by atoms with Gasteiger partial charge in [0.25, 0.3) is 0 Å². The minimum absolute atomic E-state index is 0.297. The number of ether oxygens (including phenoxy) is 3. The number of anilines is 1. The Balaban J connectivity index is 1.30. The lowest BCUT2D eigenvalue weighted by Crippen LogP contribution is -2.34. The molecule has 3 aromatic rings. The Kier molecular flexibility index (Phi) is 5.97. The molecule has 2 aromatic heterocycles. The number of benzene rings is 1. The van der Waals surface area contributed by atoms with E-state index in [0.717, 1.165) is 19.3 Å². The number of rotatable bonds is 5. The molecular formula is C26H29F2N5O3. The number of aromatic nitrogens is 4. The molecule has 1 saturated carbocycles. The van der Waals surface area contributed by atoms with Crippen LogP contribution in [0.2, 0.25) is 0 Å².